The van der Waals surface area contributed by atoms with Crippen LogP contribution in [-0.4, -0.2) is 80.7 Å². The number of nitrogens with one attached hydrogen (secondary N) is 1. The Labute approximate surface area is 153 Å². The summed E-state index contributed by atoms with van der Waals surface area (Å²) < 4.78 is 11.1. The zero-order valence-electron chi connectivity index (χ0n) is 14.9. The van der Waals surface area contributed by atoms with Crippen LogP contribution in [0.4, 0.5) is 10.5 Å². The van der Waals surface area contributed by atoms with Gasteiger partial charge in [0.25, 0.3) is 0 Å². The van der Waals surface area contributed by atoms with Gasteiger partial charge in [-0.05, 0) is 24.8 Å². The highest BCUT2D eigenvalue weighted by atomic mass is 32.2. The van der Waals surface area contributed by atoms with E-state index in [1.165, 1.54) is 0 Å². The molecule has 2 fully saturated rings. The molecule has 7 heteroatoms. The van der Waals surface area contributed by atoms with Crippen molar-refractivity contribution < 1.29 is 14.3 Å². The molecule has 0 aromatic heterocycles. The van der Waals surface area contributed by atoms with E-state index in [2.05, 4.69) is 10.2 Å². The molecule has 6 nitrogen and oxygen atoms in total. The first kappa shape index (κ1) is 18.5. The van der Waals surface area contributed by atoms with Crippen molar-refractivity contribution in [3.05, 3.63) is 24.3 Å². The molecule has 3 rings (SSSR count). The first-order valence-corrected chi connectivity index (χ1v) is 9.99. The second-order valence-electron chi connectivity index (χ2n) is 6.39. The van der Waals surface area contributed by atoms with Gasteiger partial charge in [0, 0.05) is 38.2 Å². The number of hydrogen-bond donors (Lipinski definition) is 1. The number of rotatable bonds is 6. The van der Waals surface area contributed by atoms with Crippen molar-refractivity contribution in [2.24, 2.45) is 0 Å². The van der Waals surface area contributed by atoms with E-state index in [4.69, 9.17) is 9.47 Å². The monoisotopic (exact) mass is 365 g/mol. The van der Waals surface area contributed by atoms with Crippen molar-refractivity contribution in [3.8, 4) is 0 Å². The van der Waals surface area contributed by atoms with E-state index in [1.54, 1.807) is 18.9 Å². The first-order valence-electron chi connectivity index (χ1n) is 8.76. The normalized spacial score (nSPS) is 23.5. The second kappa shape index (κ2) is 8.89. The molecule has 0 radical (unpaired) electrons. The molecule has 0 aliphatic carbocycles. The maximum Gasteiger partial charge on any atom is 0.322 e. The minimum absolute atomic E-state index is 0.0451. The van der Waals surface area contributed by atoms with Crippen LogP contribution in [0.5, 0.6) is 0 Å². The summed E-state index contributed by atoms with van der Waals surface area (Å²) in [6, 6.07) is 8.13. The number of anilines is 1. The van der Waals surface area contributed by atoms with Gasteiger partial charge in [0.2, 0.25) is 0 Å². The Morgan fingerprint density at radius 1 is 1.40 bits per heavy atom. The minimum Gasteiger partial charge on any atom is -0.385 e. The number of hydrogen-bond acceptors (Lipinski definition) is 5. The number of morpholine rings is 1. The van der Waals surface area contributed by atoms with Gasteiger partial charge in [-0.15, -0.1) is 11.8 Å². The van der Waals surface area contributed by atoms with E-state index >= 15 is 0 Å². The Kier molecular flexibility index (Phi) is 6.58. The average Bonchev–Trinajstić information content (AvgIpc) is 3.08. The molecule has 1 N–H and O–H groups in total. The van der Waals surface area contributed by atoms with E-state index in [0.29, 0.717) is 13.1 Å². The number of carbonyl (C=O) groups is 1. The van der Waals surface area contributed by atoms with Gasteiger partial charge < -0.3 is 19.7 Å². The lowest BCUT2D eigenvalue weighted by atomic mass is 10.1. The predicted octanol–water partition coefficient (Wildman–Crippen LogP) is 2.36. The molecule has 0 bridgehead atoms. The summed E-state index contributed by atoms with van der Waals surface area (Å²) in [6.07, 6.45) is 3.13. The van der Waals surface area contributed by atoms with Crippen LogP contribution in [-0.2, 0) is 9.47 Å². The van der Waals surface area contributed by atoms with Gasteiger partial charge in [-0.3, -0.25) is 4.90 Å². The molecular formula is C18H27N3O3S. The molecule has 0 saturated carbocycles. The van der Waals surface area contributed by atoms with Crippen molar-refractivity contribution in [3.63, 3.8) is 0 Å². The molecule has 2 heterocycles. The van der Waals surface area contributed by atoms with Crippen LogP contribution in [0.1, 0.15) is 6.42 Å². The molecule has 2 aliphatic heterocycles. The number of ether oxygens (including phenoxy) is 2. The van der Waals surface area contributed by atoms with Crippen LogP contribution in [0.15, 0.2) is 29.2 Å². The number of thioether (sulfide) groups is 1. The van der Waals surface area contributed by atoms with E-state index in [0.717, 1.165) is 43.3 Å². The molecule has 1 aromatic carbocycles. The number of fused-ring (bicyclic) bond motifs is 1. The van der Waals surface area contributed by atoms with Crippen LogP contribution in [0, 0.1) is 0 Å². The lowest BCUT2D eigenvalue weighted by Crippen LogP contribution is -2.51. The lowest BCUT2D eigenvalue weighted by Gasteiger charge is -2.36. The number of likely N-dealkylation sites (tertiary alicyclic amines) is 1. The fourth-order valence-corrected chi connectivity index (χ4v) is 4.11. The molecular weight excluding hydrogens is 338 g/mol. The number of benzene rings is 1. The van der Waals surface area contributed by atoms with Crippen LogP contribution in [0.3, 0.4) is 0 Å². The molecule has 2 atom stereocenters. The quantitative estimate of drug-likeness (QED) is 0.620. The van der Waals surface area contributed by atoms with Gasteiger partial charge in [0.05, 0.1) is 31.0 Å². The standard InChI is InChI=1S/C18H27N3O3S/c1-23-10-5-8-20-9-11-24-16-13-21(12-15(16)20)18(22)19-14-6-3-4-7-17(14)25-2/h3-4,6-7,15-16H,5,8-13H2,1-2H3,(H,19,22)/t15-,16-/m0/s1. The Hall–Kier alpha value is -1.28. The van der Waals surface area contributed by atoms with Crippen LogP contribution >= 0.6 is 11.8 Å². The average molecular weight is 365 g/mol. The Balaban J connectivity index is 1.60. The zero-order valence-corrected chi connectivity index (χ0v) is 15.8. The summed E-state index contributed by atoms with van der Waals surface area (Å²) in [5, 5.41) is 3.05. The lowest BCUT2D eigenvalue weighted by molar-refractivity contribution is -0.0486. The summed E-state index contributed by atoms with van der Waals surface area (Å²) in [5.41, 5.74) is 0.868. The van der Waals surface area contributed by atoms with Gasteiger partial charge >= 0.3 is 6.03 Å². The van der Waals surface area contributed by atoms with E-state index < -0.39 is 0 Å². The number of carbonyl (C=O) groups excluding carboxylic acids is 1. The molecule has 0 unspecified atom stereocenters. The first-order chi connectivity index (χ1) is 12.2. The molecule has 2 saturated heterocycles. The highest BCUT2D eigenvalue weighted by molar-refractivity contribution is 7.98. The minimum atomic E-state index is -0.0451. The smallest absolute Gasteiger partial charge is 0.322 e. The van der Waals surface area contributed by atoms with Crippen molar-refractivity contribution in [2.75, 3.05) is 58.1 Å². The predicted molar refractivity (Wildman–Crippen MR) is 100 cm³/mol. The Morgan fingerprint density at radius 3 is 3.04 bits per heavy atom. The third-order valence-corrected chi connectivity index (χ3v) is 5.64. The summed E-state index contributed by atoms with van der Waals surface area (Å²) >= 11 is 1.63. The fourth-order valence-electron chi connectivity index (χ4n) is 3.56. The van der Waals surface area contributed by atoms with E-state index in [9.17, 15) is 4.79 Å². The summed E-state index contributed by atoms with van der Waals surface area (Å²) in [6.45, 7) is 4.78. The number of nitrogens with zero attached hydrogens (tertiary/aromatic N) is 2. The van der Waals surface area contributed by atoms with Gasteiger partial charge in [-0.2, -0.15) is 0 Å². The van der Waals surface area contributed by atoms with Crippen molar-refractivity contribution >= 4 is 23.5 Å². The van der Waals surface area contributed by atoms with E-state index in [1.807, 2.05) is 35.4 Å². The fraction of sp³-hybridized carbons (Fsp3) is 0.611. The molecule has 1 aromatic rings. The molecule has 2 amide bonds. The van der Waals surface area contributed by atoms with Crippen LogP contribution in [0.25, 0.3) is 0 Å². The number of para-hydroxylation sites is 1. The SMILES string of the molecule is COCCCN1CCO[C@H]2CN(C(=O)Nc3ccccc3SC)C[C@@H]21. The van der Waals surface area contributed by atoms with Crippen molar-refractivity contribution in [1.82, 2.24) is 9.80 Å². The molecule has 0 spiro atoms. The maximum atomic E-state index is 12.7. The molecule has 138 valence electrons. The number of methoxy groups -OCH3 is 1. The third kappa shape index (κ3) is 4.47. The van der Waals surface area contributed by atoms with Crippen molar-refractivity contribution in [1.29, 1.82) is 0 Å². The summed E-state index contributed by atoms with van der Waals surface area (Å²) in [4.78, 5) is 18.1. The molecule has 2 aliphatic rings. The van der Waals surface area contributed by atoms with Gasteiger partial charge in [0.1, 0.15) is 0 Å². The highest BCUT2D eigenvalue weighted by Gasteiger charge is 2.41. The third-order valence-electron chi connectivity index (χ3n) is 4.85. The Bertz CT molecular complexity index is 586. The van der Waals surface area contributed by atoms with Gasteiger partial charge in [-0.1, -0.05) is 12.1 Å². The van der Waals surface area contributed by atoms with Crippen molar-refractivity contribution in [2.45, 2.75) is 23.5 Å². The second-order valence-corrected chi connectivity index (χ2v) is 7.24. The largest absolute Gasteiger partial charge is 0.385 e. The number of urea groups is 1. The highest BCUT2D eigenvalue weighted by Crippen LogP contribution is 2.27. The van der Waals surface area contributed by atoms with Crippen LogP contribution in [0.2, 0.25) is 0 Å². The number of amides is 2. The molecule has 25 heavy (non-hydrogen) atoms. The summed E-state index contributed by atoms with van der Waals surface area (Å²) in [7, 11) is 1.73. The van der Waals surface area contributed by atoms with E-state index in [-0.39, 0.29) is 18.2 Å². The van der Waals surface area contributed by atoms with Gasteiger partial charge in [0.15, 0.2) is 0 Å². The Morgan fingerprint density at radius 2 is 2.24 bits per heavy atom. The van der Waals surface area contributed by atoms with Crippen LogP contribution < -0.4 is 5.32 Å². The maximum absolute atomic E-state index is 12.7. The summed E-state index contributed by atoms with van der Waals surface area (Å²) in [5.74, 6) is 0. The van der Waals surface area contributed by atoms with Gasteiger partial charge in [-0.25, -0.2) is 4.79 Å². The zero-order chi connectivity index (χ0) is 17.6. The topological polar surface area (TPSA) is 54.0 Å².